The third-order valence-electron chi connectivity index (χ3n) is 2.78. The van der Waals surface area contributed by atoms with Gasteiger partial charge in [-0.1, -0.05) is 15.9 Å². The third kappa shape index (κ3) is 3.04. The SMILES string of the molecule is CCOC(=O)C1=Cc2cc(NC(C)=O)cc(Br)c2C1. The number of benzene rings is 1. The molecule has 19 heavy (non-hydrogen) atoms. The Morgan fingerprint density at radius 1 is 1.42 bits per heavy atom. The van der Waals surface area contributed by atoms with Crippen LogP contribution in [0, 0.1) is 0 Å². The number of ether oxygens (including phenoxy) is 1. The summed E-state index contributed by atoms with van der Waals surface area (Å²) in [6, 6.07) is 3.69. The van der Waals surface area contributed by atoms with Gasteiger partial charge in [-0.3, -0.25) is 4.79 Å². The van der Waals surface area contributed by atoms with Crippen molar-refractivity contribution >= 4 is 39.6 Å². The van der Waals surface area contributed by atoms with E-state index < -0.39 is 0 Å². The van der Waals surface area contributed by atoms with Crippen LogP contribution in [0.2, 0.25) is 0 Å². The Morgan fingerprint density at radius 3 is 2.79 bits per heavy atom. The molecular weight excluding hydrogens is 310 g/mol. The van der Waals surface area contributed by atoms with Gasteiger partial charge >= 0.3 is 5.97 Å². The van der Waals surface area contributed by atoms with Crippen molar-refractivity contribution < 1.29 is 14.3 Å². The number of anilines is 1. The molecule has 1 aromatic rings. The number of nitrogens with one attached hydrogen (secondary N) is 1. The minimum Gasteiger partial charge on any atom is -0.463 e. The highest BCUT2D eigenvalue weighted by Gasteiger charge is 2.22. The van der Waals surface area contributed by atoms with Gasteiger partial charge in [0.05, 0.1) is 6.61 Å². The van der Waals surface area contributed by atoms with Crippen LogP contribution in [-0.4, -0.2) is 18.5 Å². The van der Waals surface area contributed by atoms with E-state index in [1.54, 1.807) is 6.92 Å². The molecule has 1 aliphatic carbocycles. The lowest BCUT2D eigenvalue weighted by molar-refractivity contribution is -0.138. The molecule has 1 amide bonds. The fraction of sp³-hybridized carbons (Fsp3) is 0.286. The number of fused-ring (bicyclic) bond motifs is 1. The van der Waals surface area contributed by atoms with E-state index in [1.165, 1.54) is 6.92 Å². The molecule has 1 N–H and O–H groups in total. The van der Waals surface area contributed by atoms with E-state index in [1.807, 2.05) is 18.2 Å². The first-order valence-electron chi connectivity index (χ1n) is 5.99. The molecule has 0 radical (unpaired) electrons. The van der Waals surface area contributed by atoms with Crippen molar-refractivity contribution in [3.05, 3.63) is 33.3 Å². The molecule has 0 saturated heterocycles. The maximum absolute atomic E-state index is 11.7. The molecule has 0 spiro atoms. The number of hydrogen-bond acceptors (Lipinski definition) is 3. The van der Waals surface area contributed by atoms with Crippen molar-refractivity contribution in [2.24, 2.45) is 0 Å². The number of carbonyl (C=O) groups excluding carboxylic acids is 2. The van der Waals surface area contributed by atoms with Crippen LogP contribution in [0.1, 0.15) is 25.0 Å². The first-order valence-corrected chi connectivity index (χ1v) is 6.78. The summed E-state index contributed by atoms with van der Waals surface area (Å²) in [5, 5.41) is 2.73. The second-order valence-electron chi connectivity index (χ2n) is 4.27. The zero-order chi connectivity index (χ0) is 14.0. The summed E-state index contributed by atoms with van der Waals surface area (Å²) in [4.78, 5) is 22.8. The topological polar surface area (TPSA) is 55.4 Å². The summed E-state index contributed by atoms with van der Waals surface area (Å²) >= 11 is 3.47. The number of rotatable bonds is 3. The van der Waals surface area contributed by atoms with Gasteiger partial charge in [-0.25, -0.2) is 4.79 Å². The molecule has 0 aromatic heterocycles. The molecule has 0 atom stereocenters. The summed E-state index contributed by atoms with van der Waals surface area (Å²) in [5.74, 6) is -0.411. The molecule has 2 rings (SSSR count). The van der Waals surface area contributed by atoms with Gasteiger partial charge in [0.1, 0.15) is 0 Å². The second-order valence-corrected chi connectivity index (χ2v) is 5.13. The maximum Gasteiger partial charge on any atom is 0.334 e. The molecule has 1 aliphatic rings. The van der Waals surface area contributed by atoms with Gasteiger partial charge < -0.3 is 10.1 Å². The quantitative estimate of drug-likeness (QED) is 0.870. The van der Waals surface area contributed by atoms with Gasteiger partial charge in [0, 0.05) is 29.1 Å². The predicted octanol–water partition coefficient (Wildman–Crippen LogP) is 2.91. The minimum absolute atomic E-state index is 0.126. The largest absolute Gasteiger partial charge is 0.463 e. The van der Waals surface area contributed by atoms with E-state index >= 15 is 0 Å². The van der Waals surface area contributed by atoms with E-state index in [-0.39, 0.29) is 11.9 Å². The Hall–Kier alpha value is -1.62. The highest BCUT2D eigenvalue weighted by atomic mass is 79.9. The molecule has 0 saturated carbocycles. The second kappa shape index (κ2) is 5.57. The minimum atomic E-state index is -0.285. The molecule has 100 valence electrons. The molecular formula is C14H14BrNO3. The predicted molar refractivity (Wildman–Crippen MR) is 76.8 cm³/mol. The van der Waals surface area contributed by atoms with Crippen LogP contribution in [-0.2, 0) is 20.7 Å². The fourth-order valence-electron chi connectivity index (χ4n) is 2.03. The number of amides is 1. The Balaban J connectivity index is 2.29. The van der Waals surface area contributed by atoms with Gasteiger partial charge in [0.2, 0.25) is 5.91 Å². The zero-order valence-corrected chi connectivity index (χ0v) is 12.3. The number of esters is 1. The normalized spacial score (nSPS) is 12.7. The highest BCUT2D eigenvalue weighted by molar-refractivity contribution is 9.10. The number of halogens is 1. The van der Waals surface area contributed by atoms with Crippen molar-refractivity contribution in [1.29, 1.82) is 0 Å². The molecule has 5 heteroatoms. The fourth-order valence-corrected chi connectivity index (χ4v) is 2.65. The van der Waals surface area contributed by atoms with Crippen LogP contribution >= 0.6 is 15.9 Å². The molecule has 0 heterocycles. The van der Waals surface area contributed by atoms with E-state index in [0.29, 0.717) is 24.3 Å². The Kier molecular flexibility index (Phi) is 4.04. The van der Waals surface area contributed by atoms with Crippen molar-refractivity contribution in [2.45, 2.75) is 20.3 Å². The van der Waals surface area contributed by atoms with E-state index in [2.05, 4.69) is 21.2 Å². The summed E-state index contributed by atoms with van der Waals surface area (Å²) in [5.41, 5.74) is 3.32. The lowest BCUT2D eigenvalue weighted by atomic mass is 10.1. The summed E-state index contributed by atoms with van der Waals surface area (Å²) in [7, 11) is 0. The van der Waals surface area contributed by atoms with E-state index in [0.717, 1.165) is 15.6 Å². The van der Waals surface area contributed by atoms with Gasteiger partial charge in [-0.2, -0.15) is 0 Å². The molecule has 1 aromatic carbocycles. The van der Waals surface area contributed by atoms with Gasteiger partial charge in [0.15, 0.2) is 0 Å². The van der Waals surface area contributed by atoms with Crippen LogP contribution in [0.4, 0.5) is 5.69 Å². The van der Waals surface area contributed by atoms with Crippen LogP contribution in [0.25, 0.3) is 6.08 Å². The highest BCUT2D eigenvalue weighted by Crippen LogP contribution is 2.34. The first-order chi connectivity index (χ1) is 9.01. The van der Waals surface area contributed by atoms with Gasteiger partial charge in [0.25, 0.3) is 0 Å². The van der Waals surface area contributed by atoms with Crippen molar-refractivity contribution in [3.63, 3.8) is 0 Å². The lowest BCUT2D eigenvalue weighted by Gasteiger charge is -2.07. The average molecular weight is 324 g/mol. The smallest absolute Gasteiger partial charge is 0.334 e. The third-order valence-corrected chi connectivity index (χ3v) is 3.49. The van der Waals surface area contributed by atoms with Crippen LogP contribution in [0.15, 0.2) is 22.2 Å². The monoisotopic (exact) mass is 323 g/mol. The molecule has 0 fully saturated rings. The Labute approximate surface area is 120 Å². The van der Waals surface area contributed by atoms with E-state index in [4.69, 9.17) is 4.74 Å². The maximum atomic E-state index is 11.7. The molecule has 0 aliphatic heterocycles. The number of carbonyl (C=O) groups is 2. The van der Waals surface area contributed by atoms with Crippen LogP contribution in [0.5, 0.6) is 0 Å². The summed E-state index contributed by atoms with van der Waals surface area (Å²) in [6.07, 6.45) is 2.36. The summed E-state index contributed by atoms with van der Waals surface area (Å²) in [6.45, 7) is 3.61. The van der Waals surface area contributed by atoms with Gasteiger partial charge in [-0.15, -0.1) is 0 Å². The van der Waals surface area contributed by atoms with Crippen LogP contribution in [0.3, 0.4) is 0 Å². The van der Waals surface area contributed by atoms with Gasteiger partial charge in [-0.05, 0) is 36.3 Å². The van der Waals surface area contributed by atoms with Crippen molar-refractivity contribution in [2.75, 3.05) is 11.9 Å². The van der Waals surface area contributed by atoms with Crippen molar-refractivity contribution in [1.82, 2.24) is 0 Å². The lowest BCUT2D eigenvalue weighted by Crippen LogP contribution is -2.07. The first kappa shape index (κ1) is 13.8. The molecule has 0 bridgehead atoms. The summed E-state index contributed by atoms with van der Waals surface area (Å²) < 4.78 is 5.88. The standard InChI is InChI=1S/C14H14BrNO3/c1-3-19-14(18)10-4-9-5-11(16-8(2)17)7-13(15)12(9)6-10/h4-5,7H,3,6H2,1-2H3,(H,16,17). The molecule has 0 unspecified atom stereocenters. The van der Waals surface area contributed by atoms with E-state index in [9.17, 15) is 9.59 Å². The zero-order valence-electron chi connectivity index (χ0n) is 10.7. The molecule has 4 nitrogen and oxygen atoms in total. The Bertz CT molecular complexity index is 578. The van der Waals surface area contributed by atoms with Crippen molar-refractivity contribution in [3.8, 4) is 0 Å². The van der Waals surface area contributed by atoms with Crippen LogP contribution < -0.4 is 5.32 Å². The number of hydrogen-bond donors (Lipinski definition) is 1. The Morgan fingerprint density at radius 2 is 2.16 bits per heavy atom. The average Bonchev–Trinajstić information content (AvgIpc) is 2.72.